The van der Waals surface area contributed by atoms with Crippen LogP contribution >= 0.6 is 5.70 Å². The zero-order chi connectivity index (χ0) is 16.9. The molecular weight excluding hydrogens is 337 g/mol. The van der Waals surface area contributed by atoms with Gasteiger partial charge in [-0.05, 0) is 62.6 Å². The Morgan fingerprint density at radius 1 is 1.32 bits per heavy atom. The molecule has 3 unspecified atom stereocenters. The minimum absolute atomic E-state index is 0.196. The van der Waals surface area contributed by atoms with Gasteiger partial charge in [0.25, 0.3) is 0 Å². The van der Waals surface area contributed by atoms with Crippen molar-refractivity contribution in [2.75, 3.05) is 7.05 Å². The van der Waals surface area contributed by atoms with E-state index in [1.165, 1.54) is 6.42 Å². The van der Waals surface area contributed by atoms with Gasteiger partial charge in [-0.2, -0.15) is 5.06 Å². The van der Waals surface area contributed by atoms with E-state index < -0.39 is 5.70 Å². The Bertz CT molecular complexity index is 488. The van der Waals surface area contributed by atoms with Crippen LogP contribution in [0, 0.1) is 11.8 Å². The van der Waals surface area contributed by atoms with Crippen molar-refractivity contribution < 1.29 is 14.2 Å². The lowest BCUT2D eigenvalue weighted by Crippen LogP contribution is -2.46. The highest BCUT2D eigenvalue weighted by atomic mass is 32.7. The third kappa shape index (κ3) is 6.19. The molecule has 1 aliphatic carbocycles. The summed E-state index contributed by atoms with van der Waals surface area (Å²) in [5.41, 5.74) is -1.84. The molecule has 7 heteroatoms. The van der Waals surface area contributed by atoms with Gasteiger partial charge in [0.05, 0.1) is 5.60 Å². The maximum atomic E-state index is 11.4. The summed E-state index contributed by atoms with van der Waals surface area (Å²) >= 11 is 9.93. The molecule has 0 aliphatic heterocycles. The first-order chi connectivity index (χ1) is 10.2. The number of hydroxylamine groups is 2. The van der Waals surface area contributed by atoms with Crippen molar-refractivity contribution in [3.8, 4) is 0 Å². The highest BCUT2D eigenvalue weighted by Gasteiger charge is 2.38. The van der Waals surface area contributed by atoms with Crippen LogP contribution in [0.2, 0.25) is 0 Å². The molecule has 1 saturated carbocycles. The van der Waals surface area contributed by atoms with Crippen molar-refractivity contribution in [2.24, 2.45) is 11.8 Å². The summed E-state index contributed by atoms with van der Waals surface area (Å²) in [5.74, 6) is 2.88. The lowest BCUT2D eigenvalue weighted by Gasteiger charge is -2.40. The molecule has 126 valence electrons. The van der Waals surface area contributed by atoms with Crippen LogP contribution in [0.4, 0.5) is 0 Å². The molecule has 1 rings (SSSR count). The van der Waals surface area contributed by atoms with E-state index in [0.717, 1.165) is 19.3 Å². The van der Waals surface area contributed by atoms with Gasteiger partial charge in [0.15, 0.2) is 5.94 Å². The number of nitrogens with zero attached hydrogens (tertiary/aromatic N) is 1. The lowest BCUT2D eigenvalue weighted by molar-refractivity contribution is -0.242. The average molecular weight is 363 g/mol. The molecule has 1 aliphatic rings. The number of hydrogen-bond acceptors (Lipinski definition) is 6. The molecule has 0 saturated heterocycles. The summed E-state index contributed by atoms with van der Waals surface area (Å²) in [4.78, 5) is 17.4. The number of hydrogen-bond donors (Lipinski definition) is 0. The fourth-order valence-electron chi connectivity index (χ4n) is 3.15. The molecule has 0 aromatic rings. The third-order valence-corrected chi connectivity index (χ3v) is 4.73. The van der Waals surface area contributed by atoms with Crippen LogP contribution < -0.4 is 0 Å². The Balaban J connectivity index is 3.10. The first kappa shape index (κ1) is 20.0. The van der Waals surface area contributed by atoms with Gasteiger partial charge in [0.2, 0.25) is 11.5 Å². The minimum Gasteiger partial charge on any atom is -0.417 e. The highest BCUT2D eigenvalue weighted by Crippen LogP contribution is 2.38. The normalized spacial score (nSPS) is 23.7. The second-order valence-electron chi connectivity index (χ2n) is 6.90. The molecule has 0 spiro atoms. The van der Waals surface area contributed by atoms with Crippen LogP contribution in [-0.2, 0) is 37.8 Å². The Kier molecular flexibility index (Phi) is 7.87. The van der Waals surface area contributed by atoms with Crippen LogP contribution in [0.3, 0.4) is 0 Å². The molecule has 22 heavy (non-hydrogen) atoms. The molecule has 0 heterocycles. The molecule has 1 fully saturated rings. The first-order valence-corrected chi connectivity index (χ1v) is 10.9. The van der Waals surface area contributed by atoms with E-state index in [1.54, 1.807) is 5.06 Å². The molecule has 0 N–H and O–H groups in total. The van der Waals surface area contributed by atoms with E-state index in [-0.39, 0.29) is 23.3 Å². The molecule has 0 radical (unpaired) electrons. The summed E-state index contributed by atoms with van der Waals surface area (Å²) in [5, 5.41) is 1.73. The maximum Gasteiger partial charge on any atom is 0.212 e. The van der Waals surface area contributed by atoms with E-state index in [2.05, 4.69) is 6.92 Å². The van der Waals surface area contributed by atoms with Crippen molar-refractivity contribution in [1.82, 2.24) is 5.06 Å². The number of rotatable bonds is 6. The predicted molar refractivity (Wildman–Crippen MR) is 95.5 cm³/mol. The van der Waals surface area contributed by atoms with Gasteiger partial charge in [0.1, 0.15) is 6.04 Å². The van der Waals surface area contributed by atoms with Crippen LogP contribution in [-0.4, -0.2) is 29.7 Å². The van der Waals surface area contributed by atoms with Gasteiger partial charge >= 0.3 is 0 Å². The number of likely N-dealkylation sites (N-methyl/N-ethyl adjacent to an activating group) is 1. The summed E-state index contributed by atoms with van der Waals surface area (Å²) in [7, 11) is 1.84. The highest BCUT2D eigenvalue weighted by molar-refractivity contribution is 8.23. The molecule has 3 atom stereocenters. The standard InChI is InChI=1S/C15H26NO3PS2/c1-11-8-6-7-9-12(11)14(13(10-17)18-20(21)22)16(5)19-15(2,3)4/h11-12,14H,6-9H2,1-5H3. The Labute approximate surface area is 144 Å². The van der Waals surface area contributed by atoms with Crippen LogP contribution in [0.25, 0.3) is 0 Å². The second kappa shape index (κ2) is 8.68. The second-order valence-corrected chi connectivity index (χ2v) is 10.2. The molecule has 0 aromatic carbocycles. The largest absolute Gasteiger partial charge is 0.417 e. The smallest absolute Gasteiger partial charge is 0.212 e. The van der Waals surface area contributed by atoms with Crippen LogP contribution in [0.5, 0.6) is 0 Å². The Morgan fingerprint density at radius 2 is 1.91 bits per heavy atom. The first-order valence-electron chi connectivity index (χ1n) is 7.65. The van der Waals surface area contributed by atoms with E-state index in [4.69, 9.17) is 33.0 Å². The van der Waals surface area contributed by atoms with Gasteiger partial charge < -0.3 is 4.52 Å². The van der Waals surface area contributed by atoms with Crippen molar-refractivity contribution in [3.05, 3.63) is 5.76 Å². The fourth-order valence-corrected chi connectivity index (χ4v) is 3.93. The molecule has 0 amide bonds. The fraction of sp³-hybridized carbons (Fsp3) is 0.867. The maximum absolute atomic E-state index is 11.4. The number of carbonyl (C=O) groups excluding carboxylic acids is 1. The quantitative estimate of drug-likeness (QED) is 0.308. The Morgan fingerprint density at radius 3 is 2.36 bits per heavy atom. The summed E-state index contributed by atoms with van der Waals surface area (Å²) in [6.07, 6.45) is 4.56. The molecule has 0 bridgehead atoms. The van der Waals surface area contributed by atoms with Crippen LogP contribution in [0.15, 0.2) is 5.76 Å². The summed E-state index contributed by atoms with van der Waals surface area (Å²) in [6.45, 7) is 8.14. The van der Waals surface area contributed by atoms with Crippen molar-refractivity contribution in [2.45, 2.75) is 65.0 Å². The summed E-state index contributed by atoms with van der Waals surface area (Å²) in [6, 6.07) is -0.289. The monoisotopic (exact) mass is 363 g/mol. The minimum atomic E-state index is -1.49. The van der Waals surface area contributed by atoms with Gasteiger partial charge in [-0.15, -0.1) is 0 Å². The molecule has 0 aromatic heterocycles. The van der Waals surface area contributed by atoms with Crippen molar-refractivity contribution >= 4 is 35.3 Å². The van der Waals surface area contributed by atoms with Crippen molar-refractivity contribution in [1.29, 1.82) is 0 Å². The van der Waals surface area contributed by atoms with E-state index >= 15 is 0 Å². The van der Waals surface area contributed by atoms with Gasteiger partial charge in [0, 0.05) is 7.05 Å². The zero-order valence-corrected chi connectivity index (χ0v) is 16.5. The average Bonchev–Trinajstić information content (AvgIpc) is 2.37. The van der Waals surface area contributed by atoms with E-state index in [1.807, 2.05) is 33.8 Å². The topological polar surface area (TPSA) is 38.8 Å². The molecular formula is C15H26NO3PS2. The van der Waals surface area contributed by atoms with Gasteiger partial charge in [-0.25, -0.2) is 4.79 Å². The zero-order valence-electron chi connectivity index (χ0n) is 14.0. The Hall–Kier alpha value is -0.0900. The van der Waals surface area contributed by atoms with Crippen molar-refractivity contribution in [3.63, 3.8) is 0 Å². The summed E-state index contributed by atoms with van der Waals surface area (Å²) < 4.78 is 5.46. The third-order valence-electron chi connectivity index (χ3n) is 3.94. The van der Waals surface area contributed by atoms with Gasteiger partial charge in [-0.3, -0.25) is 4.84 Å². The predicted octanol–water partition coefficient (Wildman–Crippen LogP) is 3.90. The SMILES string of the molecule is CC1CCCCC1C(C(=C=O)OP(=S)=S)N(C)OC(C)(C)C. The van der Waals surface area contributed by atoms with Crippen LogP contribution in [0.1, 0.15) is 53.4 Å². The van der Waals surface area contributed by atoms with Gasteiger partial charge in [-0.1, -0.05) is 26.2 Å². The van der Waals surface area contributed by atoms with E-state index in [9.17, 15) is 4.79 Å². The molecule has 4 nitrogen and oxygen atoms in total. The lowest BCUT2D eigenvalue weighted by atomic mass is 9.75. The van der Waals surface area contributed by atoms with E-state index in [0.29, 0.717) is 5.92 Å².